The van der Waals surface area contributed by atoms with Gasteiger partial charge in [0.2, 0.25) is 5.91 Å². The number of hydrogen-bond donors (Lipinski definition) is 2. The zero-order valence-corrected chi connectivity index (χ0v) is 11.8. The number of carbonyl (C=O) groups excluding carboxylic acids is 1. The quantitative estimate of drug-likeness (QED) is 0.601. The van der Waals surface area contributed by atoms with Gasteiger partial charge in [0.25, 0.3) is 0 Å². The number of aliphatic hydroxyl groups is 1. The average Bonchev–Trinajstić information content (AvgIpc) is 2.37. The van der Waals surface area contributed by atoms with Crippen molar-refractivity contribution in [3.8, 4) is 0 Å². The van der Waals surface area contributed by atoms with Gasteiger partial charge < -0.3 is 10.4 Å². The maximum absolute atomic E-state index is 11.5. The van der Waals surface area contributed by atoms with Crippen LogP contribution in [-0.2, 0) is 4.79 Å². The van der Waals surface area contributed by atoms with Crippen molar-refractivity contribution in [1.29, 1.82) is 0 Å². The Morgan fingerprint density at radius 1 is 1.28 bits per heavy atom. The van der Waals surface area contributed by atoms with Crippen molar-refractivity contribution in [1.82, 2.24) is 5.32 Å². The van der Waals surface area contributed by atoms with E-state index in [0.29, 0.717) is 6.54 Å². The summed E-state index contributed by atoms with van der Waals surface area (Å²) in [6, 6.07) is 7.74. The first-order valence-corrected chi connectivity index (χ1v) is 6.84. The highest BCUT2D eigenvalue weighted by atomic mass is 79.9. The summed E-state index contributed by atoms with van der Waals surface area (Å²) >= 11 is 3.42. The number of aliphatic hydroxyl groups excluding tert-OH is 1. The predicted octanol–water partition coefficient (Wildman–Crippen LogP) is 2.74. The van der Waals surface area contributed by atoms with E-state index in [4.69, 9.17) is 5.11 Å². The Hall–Kier alpha value is -1.13. The van der Waals surface area contributed by atoms with Gasteiger partial charge in [-0.3, -0.25) is 4.79 Å². The molecule has 0 aromatic heterocycles. The van der Waals surface area contributed by atoms with Gasteiger partial charge in [-0.25, -0.2) is 0 Å². The Morgan fingerprint density at radius 2 is 2.06 bits per heavy atom. The van der Waals surface area contributed by atoms with Crippen molar-refractivity contribution < 1.29 is 9.90 Å². The van der Waals surface area contributed by atoms with Gasteiger partial charge in [-0.2, -0.15) is 0 Å². The minimum absolute atomic E-state index is 0.0882. The molecule has 1 aromatic carbocycles. The lowest BCUT2D eigenvalue weighted by molar-refractivity contribution is -0.116. The molecule has 2 N–H and O–H groups in total. The maximum Gasteiger partial charge on any atom is 0.243 e. The van der Waals surface area contributed by atoms with Crippen molar-refractivity contribution in [3.05, 3.63) is 40.4 Å². The van der Waals surface area contributed by atoms with Gasteiger partial charge in [0.1, 0.15) is 0 Å². The summed E-state index contributed by atoms with van der Waals surface area (Å²) in [6.45, 7) is 0.870. The second-order valence-corrected chi connectivity index (χ2v) is 4.78. The topological polar surface area (TPSA) is 49.3 Å². The molecule has 0 aliphatic heterocycles. The molecule has 0 radical (unpaired) electrons. The molecule has 1 amide bonds. The minimum atomic E-state index is -0.0882. The second kappa shape index (κ2) is 8.89. The SMILES string of the molecule is O=C(/C=C/c1ccccc1Br)NCCCCCO. The van der Waals surface area contributed by atoms with E-state index in [-0.39, 0.29) is 12.5 Å². The zero-order chi connectivity index (χ0) is 13.2. The van der Waals surface area contributed by atoms with Crippen molar-refractivity contribution in [2.75, 3.05) is 13.2 Å². The Bertz CT molecular complexity index is 405. The highest BCUT2D eigenvalue weighted by Gasteiger charge is 1.97. The maximum atomic E-state index is 11.5. The summed E-state index contributed by atoms with van der Waals surface area (Å²) in [5.41, 5.74) is 0.980. The molecule has 98 valence electrons. The molecule has 0 bridgehead atoms. The van der Waals surface area contributed by atoms with E-state index in [1.807, 2.05) is 24.3 Å². The second-order valence-electron chi connectivity index (χ2n) is 3.93. The standard InChI is InChI=1S/C14H18BrNO2/c15-13-7-3-2-6-12(13)8-9-14(18)16-10-4-1-5-11-17/h2-3,6-9,17H,1,4-5,10-11H2,(H,16,18)/b9-8+. The Balaban J connectivity index is 2.30. The molecule has 18 heavy (non-hydrogen) atoms. The highest BCUT2D eigenvalue weighted by molar-refractivity contribution is 9.10. The fraction of sp³-hybridized carbons (Fsp3) is 0.357. The number of amides is 1. The molecule has 0 spiro atoms. The Labute approximate surface area is 116 Å². The lowest BCUT2D eigenvalue weighted by Crippen LogP contribution is -2.22. The van der Waals surface area contributed by atoms with Crippen LogP contribution in [0.15, 0.2) is 34.8 Å². The molecule has 0 unspecified atom stereocenters. The lowest BCUT2D eigenvalue weighted by Gasteiger charge is -2.01. The van der Waals surface area contributed by atoms with Crippen LogP contribution in [0.4, 0.5) is 0 Å². The molecular formula is C14H18BrNO2. The zero-order valence-electron chi connectivity index (χ0n) is 10.2. The van der Waals surface area contributed by atoms with Crippen molar-refractivity contribution in [2.45, 2.75) is 19.3 Å². The van der Waals surface area contributed by atoms with Gasteiger partial charge in [0, 0.05) is 23.7 Å². The van der Waals surface area contributed by atoms with Crippen LogP contribution in [0.2, 0.25) is 0 Å². The molecule has 3 nitrogen and oxygen atoms in total. The van der Waals surface area contributed by atoms with Gasteiger partial charge in [-0.05, 0) is 37.0 Å². The summed E-state index contributed by atoms with van der Waals surface area (Å²) in [7, 11) is 0. The fourth-order valence-corrected chi connectivity index (χ4v) is 1.88. The molecule has 1 rings (SSSR count). The van der Waals surface area contributed by atoms with Crippen molar-refractivity contribution in [2.24, 2.45) is 0 Å². The molecule has 0 fully saturated rings. The smallest absolute Gasteiger partial charge is 0.243 e. The van der Waals surface area contributed by atoms with E-state index in [1.54, 1.807) is 6.08 Å². The number of rotatable bonds is 7. The van der Waals surface area contributed by atoms with Crippen LogP contribution in [0.3, 0.4) is 0 Å². The molecule has 0 aliphatic carbocycles. The van der Waals surface area contributed by atoms with Gasteiger partial charge in [0.15, 0.2) is 0 Å². The third-order valence-corrected chi connectivity index (χ3v) is 3.18. The van der Waals surface area contributed by atoms with Crippen LogP contribution >= 0.6 is 15.9 Å². The first-order valence-electron chi connectivity index (χ1n) is 6.05. The van der Waals surface area contributed by atoms with Gasteiger partial charge in [-0.15, -0.1) is 0 Å². The van der Waals surface area contributed by atoms with Crippen molar-refractivity contribution in [3.63, 3.8) is 0 Å². The first kappa shape index (κ1) is 14.9. The van der Waals surface area contributed by atoms with E-state index in [2.05, 4.69) is 21.2 Å². The number of carbonyl (C=O) groups is 1. The van der Waals surface area contributed by atoms with E-state index < -0.39 is 0 Å². The Kier molecular flexibility index (Phi) is 7.37. The summed E-state index contributed by atoms with van der Waals surface area (Å²) in [5, 5.41) is 11.4. The number of unbranched alkanes of at least 4 members (excludes halogenated alkanes) is 2. The molecule has 0 saturated heterocycles. The molecule has 0 saturated carbocycles. The highest BCUT2D eigenvalue weighted by Crippen LogP contribution is 2.16. The van der Waals surface area contributed by atoms with Crippen LogP contribution in [0.5, 0.6) is 0 Å². The molecule has 4 heteroatoms. The number of hydrogen-bond acceptors (Lipinski definition) is 2. The monoisotopic (exact) mass is 311 g/mol. The van der Waals surface area contributed by atoms with Gasteiger partial charge in [0.05, 0.1) is 0 Å². The van der Waals surface area contributed by atoms with E-state index in [1.165, 1.54) is 6.08 Å². The lowest BCUT2D eigenvalue weighted by atomic mass is 10.2. The first-order chi connectivity index (χ1) is 8.74. The average molecular weight is 312 g/mol. The number of benzene rings is 1. The van der Waals surface area contributed by atoms with Crippen molar-refractivity contribution >= 4 is 27.9 Å². The number of nitrogens with one attached hydrogen (secondary N) is 1. The summed E-state index contributed by atoms with van der Waals surface area (Å²) in [5.74, 6) is -0.0882. The third-order valence-electron chi connectivity index (χ3n) is 2.45. The fourth-order valence-electron chi connectivity index (χ4n) is 1.46. The van der Waals surface area contributed by atoms with Crippen LogP contribution in [-0.4, -0.2) is 24.2 Å². The van der Waals surface area contributed by atoms with Crippen LogP contribution in [0.25, 0.3) is 6.08 Å². The molecule has 1 aromatic rings. The largest absolute Gasteiger partial charge is 0.396 e. The van der Waals surface area contributed by atoms with Crippen LogP contribution < -0.4 is 5.32 Å². The van der Waals surface area contributed by atoms with Gasteiger partial charge in [-0.1, -0.05) is 34.1 Å². The van der Waals surface area contributed by atoms with Crippen LogP contribution in [0, 0.1) is 0 Å². The van der Waals surface area contributed by atoms with Gasteiger partial charge >= 0.3 is 0 Å². The summed E-state index contributed by atoms with van der Waals surface area (Å²) in [4.78, 5) is 11.5. The molecule has 0 atom stereocenters. The number of halogens is 1. The summed E-state index contributed by atoms with van der Waals surface area (Å²) in [6.07, 6.45) is 5.95. The normalized spacial score (nSPS) is 10.8. The summed E-state index contributed by atoms with van der Waals surface area (Å²) < 4.78 is 0.969. The van der Waals surface area contributed by atoms with Crippen LogP contribution in [0.1, 0.15) is 24.8 Å². The van der Waals surface area contributed by atoms with E-state index in [0.717, 1.165) is 29.3 Å². The van der Waals surface area contributed by atoms with E-state index >= 15 is 0 Å². The third kappa shape index (κ3) is 5.98. The van der Waals surface area contributed by atoms with E-state index in [9.17, 15) is 4.79 Å². The molecule has 0 aliphatic rings. The minimum Gasteiger partial charge on any atom is -0.396 e. The predicted molar refractivity (Wildman–Crippen MR) is 77.1 cm³/mol. The molecular weight excluding hydrogens is 294 g/mol. The Morgan fingerprint density at radius 3 is 2.78 bits per heavy atom. The molecule has 0 heterocycles.